The Labute approximate surface area is 32.5 Å². The molecule has 0 radical (unpaired) electrons. The van der Waals surface area contributed by atoms with E-state index >= 15 is 0 Å². The minimum atomic E-state index is -1.62. The van der Waals surface area contributed by atoms with Gasteiger partial charge in [-0.15, -0.1) is 0 Å². The molecule has 0 fully saturated rings. The van der Waals surface area contributed by atoms with Crippen molar-refractivity contribution in [3.63, 3.8) is 0 Å². The molecule has 0 unspecified atom stereocenters. The summed E-state index contributed by atoms with van der Waals surface area (Å²) in [5.74, 6) is 0. The zero-order valence-electron chi connectivity index (χ0n) is 3.32. The van der Waals surface area contributed by atoms with Crippen LogP contribution in [0.1, 0.15) is 0 Å². The zero-order chi connectivity index (χ0) is 4.28. The third-order valence-electron chi connectivity index (χ3n) is 0.287. The first-order valence-corrected chi connectivity index (χ1v) is 3.13. The molecular formula is C2H6O2Si. The molecule has 0 aliphatic carbocycles. The van der Waals surface area contributed by atoms with Crippen molar-refractivity contribution in [2.45, 2.75) is 6.55 Å². The summed E-state index contributed by atoms with van der Waals surface area (Å²) in [4.78, 5) is 0. The van der Waals surface area contributed by atoms with Crippen molar-refractivity contribution in [2.24, 2.45) is 0 Å². The fraction of sp³-hybridized carbons (Fsp3) is 1.00. The highest BCUT2D eigenvalue weighted by molar-refractivity contribution is 6.32. The molecule has 0 aromatic heterocycles. The van der Waals surface area contributed by atoms with Crippen molar-refractivity contribution in [1.29, 1.82) is 0 Å². The van der Waals surface area contributed by atoms with Gasteiger partial charge in [-0.1, -0.05) is 0 Å². The van der Waals surface area contributed by atoms with Crippen molar-refractivity contribution in [3.8, 4) is 0 Å². The molecule has 0 aromatic rings. The van der Waals surface area contributed by atoms with Gasteiger partial charge in [0.15, 0.2) is 0 Å². The maximum atomic E-state index is 9.78. The van der Waals surface area contributed by atoms with Gasteiger partial charge in [-0.3, -0.25) is 0 Å². The van der Waals surface area contributed by atoms with E-state index in [1.54, 1.807) is 6.55 Å². The Morgan fingerprint density at radius 3 is 2.00 bits per heavy atom. The summed E-state index contributed by atoms with van der Waals surface area (Å²) < 4.78 is 14.1. The Bertz CT molecular complexity index is 42.9. The summed E-state index contributed by atoms with van der Waals surface area (Å²) in [6, 6.07) is 0. The Kier molecular flexibility index (Phi) is 2.00. The molecule has 0 atom stereocenters. The third kappa shape index (κ3) is 3.82. The highest BCUT2D eigenvalue weighted by Crippen LogP contribution is 1.58. The number of rotatable bonds is 1. The van der Waals surface area contributed by atoms with Gasteiger partial charge in [0.05, 0.1) is 7.11 Å². The van der Waals surface area contributed by atoms with Crippen LogP contribution in [0.25, 0.3) is 0 Å². The van der Waals surface area contributed by atoms with Crippen molar-refractivity contribution in [1.82, 2.24) is 0 Å². The maximum absolute atomic E-state index is 9.78. The average Bonchev–Trinajstić information content (AvgIpc) is 1.38. The lowest BCUT2D eigenvalue weighted by Gasteiger charge is -1.79. The van der Waals surface area contributed by atoms with Crippen LogP contribution in [0.3, 0.4) is 0 Å². The van der Waals surface area contributed by atoms with Crippen molar-refractivity contribution in [2.75, 3.05) is 7.11 Å². The van der Waals surface area contributed by atoms with Gasteiger partial charge in [0.25, 0.3) is 0 Å². The predicted molar refractivity (Wildman–Crippen MR) is 19.3 cm³/mol. The SMILES string of the molecule is CO[Si](C)=O. The molecule has 0 aliphatic rings. The van der Waals surface area contributed by atoms with E-state index in [2.05, 4.69) is 4.43 Å². The van der Waals surface area contributed by atoms with E-state index in [-0.39, 0.29) is 0 Å². The molecule has 0 aromatic carbocycles. The molecule has 0 bridgehead atoms. The van der Waals surface area contributed by atoms with Crippen LogP contribution in [0.2, 0.25) is 6.55 Å². The second-order valence-electron chi connectivity index (χ2n) is 0.696. The van der Waals surface area contributed by atoms with Crippen molar-refractivity contribution in [3.05, 3.63) is 0 Å². The Morgan fingerprint density at radius 1 is 1.80 bits per heavy atom. The van der Waals surface area contributed by atoms with Gasteiger partial charge >= 0.3 is 8.93 Å². The van der Waals surface area contributed by atoms with Gasteiger partial charge in [-0.25, -0.2) is 0 Å². The van der Waals surface area contributed by atoms with Gasteiger partial charge in [-0.2, -0.15) is 0 Å². The maximum Gasteiger partial charge on any atom is 0.498 e. The Hall–Kier alpha value is -0.183. The molecule has 0 saturated carbocycles. The summed E-state index contributed by atoms with van der Waals surface area (Å²) in [7, 11) is -0.192. The molecule has 0 N–H and O–H groups in total. The lowest BCUT2D eigenvalue weighted by Crippen LogP contribution is -1.92. The van der Waals surface area contributed by atoms with Gasteiger partial charge < -0.3 is 8.89 Å². The molecule has 0 aliphatic heterocycles. The highest BCUT2D eigenvalue weighted by atomic mass is 28.3. The summed E-state index contributed by atoms with van der Waals surface area (Å²) >= 11 is 0. The summed E-state index contributed by atoms with van der Waals surface area (Å²) in [5, 5.41) is 0. The number of hydrogen-bond acceptors (Lipinski definition) is 2. The quantitative estimate of drug-likeness (QED) is 0.429. The van der Waals surface area contributed by atoms with E-state index in [4.69, 9.17) is 0 Å². The minimum absolute atomic E-state index is 1.43. The van der Waals surface area contributed by atoms with Gasteiger partial charge in [0, 0.05) is 6.55 Å². The first kappa shape index (κ1) is 4.82. The van der Waals surface area contributed by atoms with E-state index in [1.807, 2.05) is 0 Å². The molecule has 0 rings (SSSR count). The second-order valence-corrected chi connectivity index (χ2v) is 2.09. The molecule has 0 heterocycles. The minimum Gasteiger partial charge on any atom is -0.527 e. The summed E-state index contributed by atoms with van der Waals surface area (Å²) in [5.41, 5.74) is 0. The fourth-order valence-corrected chi connectivity index (χ4v) is 0. The molecule has 5 heavy (non-hydrogen) atoms. The zero-order valence-corrected chi connectivity index (χ0v) is 4.32. The molecule has 3 heteroatoms. The van der Waals surface area contributed by atoms with Crippen LogP contribution in [0, 0.1) is 0 Å². The van der Waals surface area contributed by atoms with Crippen LogP contribution < -0.4 is 0 Å². The first-order valence-electron chi connectivity index (χ1n) is 1.32. The van der Waals surface area contributed by atoms with E-state index in [1.165, 1.54) is 7.11 Å². The van der Waals surface area contributed by atoms with Gasteiger partial charge in [0.1, 0.15) is 0 Å². The van der Waals surface area contributed by atoms with Crippen LogP contribution >= 0.6 is 0 Å². The van der Waals surface area contributed by atoms with Crippen LogP contribution in [0.4, 0.5) is 0 Å². The molecule has 0 spiro atoms. The fourth-order valence-electron chi connectivity index (χ4n) is 0. The van der Waals surface area contributed by atoms with E-state index in [0.717, 1.165) is 0 Å². The largest absolute Gasteiger partial charge is 0.527 e. The van der Waals surface area contributed by atoms with Crippen LogP contribution in [0.15, 0.2) is 0 Å². The standard InChI is InChI=1S/C2H6O2Si/c1-4-5(2)3/h1-2H3. The Balaban J connectivity index is 2.85. The van der Waals surface area contributed by atoms with Crippen molar-refractivity contribution >= 4 is 8.93 Å². The normalized spacial score (nSPS) is 6.80. The highest BCUT2D eigenvalue weighted by Gasteiger charge is 1.84. The lowest BCUT2D eigenvalue weighted by molar-refractivity contribution is 0.370. The monoisotopic (exact) mass is 90.0 g/mol. The van der Waals surface area contributed by atoms with Crippen LogP contribution in [-0.4, -0.2) is 16.0 Å². The van der Waals surface area contributed by atoms with E-state index in [0.29, 0.717) is 0 Å². The van der Waals surface area contributed by atoms with Crippen LogP contribution in [0.5, 0.6) is 0 Å². The summed E-state index contributed by atoms with van der Waals surface area (Å²) in [6.07, 6.45) is 0. The second kappa shape index (κ2) is 2.08. The molecule has 0 amide bonds. The Morgan fingerprint density at radius 2 is 2.00 bits per heavy atom. The molecule has 2 nitrogen and oxygen atoms in total. The topological polar surface area (TPSA) is 26.3 Å². The van der Waals surface area contributed by atoms with Gasteiger partial charge in [0.2, 0.25) is 0 Å². The molecule has 0 saturated heterocycles. The van der Waals surface area contributed by atoms with E-state index < -0.39 is 8.93 Å². The molecule has 30 valence electrons. The van der Waals surface area contributed by atoms with Gasteiger partial charge in [-0.05, 0) is 0 Å². The lowest BCUT2D eigenvalue weighted by atomic mass is 11.8. The average molecular weight is 90.2 g/mol. The smallest absolute Gasteiger partial charge is 0.498 e. The van der Waals surface area contributed by atoms with Crippen LogP contribution in [-0.2, 0) is 8.89 Å². The molecular weight excluding hydrogens is 84.1 g/mol. The third-order valence-corrected chi connectivity index (χ3v) is 0.862. The first-order chi connectivity index (χ1) is 2.27. The van der Waals surface area contributed by atoms with E-state index in [9.17, 15) is 4.46 Å². The number of hydrogen-bond donors (Lipinski definition) is 0. The summed E-state index contributed by atoms with van der Waals surface area (Å²) in [6.45, 7) is 1.55. The predicted octanol–water partition coefficient (Wildman–Crippen LogP) is 0.181. The van der Waals surface area contributed by atoms with Crippen molar-refractivity contribution < 1.29 is 8.89 Å².